The normalized spacial score (nSPS) is 16.9. The molecule has 3 N–H and O–H groups in total. The molecule has 1 saturated heterocycles. The van der Waals surface area contributed by atoms with Crippen molar-refractivity contribution in [3.05, 3.63) is 23.4 Å². The Morgan fingerprint density at radius 2 is 2.03 bits per heavy atom. The SMILES string of the molecule is COc1cc(Cl)c(-c2nc(OCCN3CC[C@H](F)C3)nc3[nH]cc(N)c23)cc1OC. The summed E-state index contributed by atoms with van der Waals surface area (Å²) in [4.78, 5) is 14.0. The standard InChI is InChI=1S/C20H23ClFN5O3/c1-28-15-7-12(13(21)8-16(15)29-2)18-17-14(23)9-24-19(17)26-20(25-18)30-6-5-27-4-3-11(22)10-27/h7-9,11H,3-6,10,23H2,1-2H3,(H,24,25,26)/t11-/m0/s1. The summed E-state index contributed by atoms with van der Waals surface area (Å²) in [5, 5.41) is 1.06. The van der Waals surface area contributed by atoms with Gasteiger partial charge in [-0.25, -0.2) is 4.39 Å². The van der Waals surface area contributed by atoms with Crippen LogP contribution in [0.15, 0.2) is 18.3 Å². The Kier molecular flexibility index (Phi) is 5.83. The fourth-order valence-corrected chi connectivity index (χ4v) is 3.83. The van der Waals surface area contributed by atoms with Crippen LogP contribution in [0, 0.1) is 0 Å². The van der Waals surface area contributed by atoms with Gasteiger partial charge in [0, 0.05) is 37.5 Å². The fourth-order valence-electron chi connectivity index (χ4n) is 3.59. The van der Waals surface area contributed by atoms with Crippen molar-refractivity contribution in [2.75, 3.05) is 46.2 Å². The second-order valence-electron chi connectivity index (χ2n) is 7.04. The van der Waals surface area contributed by atoms with E-state index in [1.54, 1.807) is 32.5 Å². The first kappa shape index (κ1) is 20.5. The van der Waals surface area contributed by atoms with Crippen LogP contribution < -0.4 is 19.9 Å². The molecular weight excluding hydrogens is 413 g/mol. The first-order valence-corrected chi connectivity index (χ1v) is 9.93. The van der Waals surface area contributed by atoms with Crippen LogP contribution in [0.3, 0.4) is 0 Å². The van der Waals surface area contributed by atoms with Gasteiger partial charge in [-0.2, -0.15) is 9.97 Å². The number of rotatable bonds is 7. The summed E-state index contributed by atoms with van der Waals surface area (Å²) < 4.78 is 29.8. The van der Waals surface area contributed by atoms with Crippen LogP contribution in [0.2, 0.25) is 5.02 Å². The lowest BCUT2D eigenvalue weighted by molar-refractivity contribution is 0.215. The molecule has 0 aliphatic carbocycles. The number of likely N-dealkylation sites (tertiary alicyclic amines) is 1. The van der Waals surface area contributed by atoms with Crippen molar-refractivity contribution in [1.82, 2.24) is 19.9 Å². The molecule has 3 heterocycles. The zero-order chi connectivity index (χ0) is 21.3. The number of ether oxygens (including phenoxy) is 3. The number of hydrogen-bond donors (Lipinski definition) is 2. The Morgan fingerprint density at radius 1 is 1.27 bits per heavy atom. The molecule has 1 aliphatic heterocycles. The Balaban J connectivity index is 1.68. The molecule has 30 heavy (non-hydrogen) atoms. The Labute approximate surface area is 178 Å². The number of aromatic amines is 1. The quantitative estimate of drug-likeness (QED) is 0.587. The number of methoxy groups -OCH3 is 2. The summed E-state index contributed by atoms with van der Waals surface area (Å²) in [6.45, 7) is 2.10. The average molecular weight is 436 g/mol. The molecule has 160 valence electrons. The van der Waals surface area contributed by atoms with E-state index in [-0.39, 0.29) is 6.01 Å². The third kappa shape index (κ3) is 3.95. The van der Waals surface area contributed by atoms with E-state index in [0.29, 0.717) is 70.6 Å². The lowest BCUT2D eigenvalue weighted by Gasteiger charge is -2.15. The molecule has 0 radical (unpaired) electrons. The molecule has 2 aromatic heterocycles. The summed E-state index contributed by atoms with van der Waals surface area (Å²) >= 11 is 6.52. The summed E-state index contributed by atoms with van der Waals surface area (Å²) in [5.41, 5.74) is 8.29. The molecule has 0 bridgehead atoms. The first-order chi connectivity index (χ1) is 14.5. The topological polar surface area (TPSA) is 98.5 Å². The van der Waals surface area contributed by atoms with Crippen LogP contribution in [-0.4, -0.2) is 66.5 Å². The average Bonchev–Trinajstić information content (AvgIpc) is 3.32. The predicted octanol–water partition coefficient (Wildman–Crippen LogP) is 3.30. The minimum absolute atomic E-state index is 0.182. The molecular formula is C20H23ClFN5O3. The van der Waals surface area contributed by atoms with Crippen LogP contribution in [0.5, 0.6) is 17.5 Å². The highest BCUT2D eigenvalue weighted by molar-refractivity contribution is 6.34. The zero-order valence-electron chi connectivity index (χ0n) is 16.7. The Morgan fingerprint density at radius 3 is 2.73 bits per heavy atom. The molecule has 10 heteroatoms. The molecule has 0 saturated carbocycles. The van der Waals surface area contributed by atoms with Crippen LogP contribution in [-0.2, 0) is 0 Å². The molecule has 1 aromatic carbocycles. The monoisotopic (exact) mass is 435 g/mol. The largest absolute Gasteiger partial charge is 0.493 e. The molecule has 1 atom stereocenters. The van der Waals surface area contributed by atoms with Gasteiger partial charge in [-0.1, -0.05) is 11.6 Å². The van der Waals surface area contributed by atoms with E-state index in [1.807, 2.05) is 4.90 Å². The first-order valence-electron chi connectivity index (χ1n) is 9.56. The molecule has 0 unspecified atom stereocenters. The molecule has 4 rings (SSSR count). The highest BCUT2D eigenvalue weighted by atomic mass is 35.5. The maximum absolute atomic E-state index is 13.3. The third-order valence-electron chi connectivity index (χ3n) is 5.12. The number of nitrogens with one attached hydrogen (secondary N) is 1. The number of benzene rings is 1. The molecule has 0 spiro atoms. The van der Waals surface area contributed by atoms with Crippen LogP contribution in [0.1, 0.15) is 6.42 Å². The van der Waals surface area contributed by atoms with E-state index < -0.39 is 6.17 Å². The summed E-state index contributed by atoms with van der Waals surface area (Å²) in [6.07, 6.45) is 1.44. The van der Waals surface area contributed by atoms with Crippen molar-refractivity contribution in [2.24, 2.45) is 0 Å². The highest BCUT2D eigenvalue weighted by Crippen LogP contribution is 2.41. The van der Waals surface area contributed by atoms with E-state index in [2.05, 4.69) is 15.0 Å². The van der Waals surface area contributed by atoms with Crippen molar-refractivity contribution in [2.45, 2.75) is 12.6 Å². The van der Waals surface area contributed by atoms with Crippen molar-refractivity contribution in [1.29, 1.82) is 0 Å². The van der Waals surface area contributed by atoms with Gasteiger partial charge in [0.05, 0.1) is 36.0 Å². The molecule has 8 nitrogen and oxygen atoms in total. The highest BCUT2D eigenvalue weighted by Gasteiger charge is 2.22. The Bertz CT molecular complexity index is 1060. The number of hydrogen-bond acceptors (Lipinski definition) is 7. The van der Waals surface area contributed by atoms with E-state index in [9.17, 15) is 4.39 Å². The lowest BCUT2D eigenvalue weighted by atomic mass is 10.1. The van der Waals surface area contributed by atoms with Gasteiger partial charge in [-0.15, -0.1) is 0 Å². The van der Waals surface area contributed by atoms with Crippen LogP contribution in [0.25, 0.3) is 22.3 Å². The fraction of sp³-hybridized carbons (Fsp3) is 0.400. The molecule has 0 amide bonds. The van der Waals surface area contributed by atoms with Gasteiger partial charge in [0.1, 0.15) is 18.4 Å². The summed E-state index contributed by atoms with van der Waals surface area (Å²) in [5.74, 6) is 1.02. The zero-order valence-corrected chi connectivity index (χ0v) is 17.5. The Hall–Kier alpha value is -2.78. The van der Waals surface area contributed by atoms with Gasteiger partial charge in [0.15, 0.2) is 11.5 Å². The van der Waals surface area contributed by atoms with Crippen molar-refractivity contribution < 1.29 is 18.6 Å². The minimum atomic E-state index is -0.765. The van der Waals surface area contributed by atoms with Crippen LogP contribution in [0.4, 0.5) is 10.1 Å². The smallest absolute Gasteiger partial charge is 0.319 e. The van der Waals surface area contributed by atoms with Gasteiger partial charge in [0.2, 0.25) is 0 Å². The van der Waals surface area contributed by atoms with E-state index in [1.165, 1.54) is 0 Å². The van der Waals surface area contributed by atoms with Gasteiger partial charge in [-0.05, 0) is 12.5 Å². The molecule has 3 aromatic rings. The second kappa shape index (κ2) is 8.53. The number of halogens is 2. The van der Waals surface area contributed by atoms with Crippen molar-refractivity contribution >= 4 is 28.3 Å². The lowest BCUT2D eigenvalue weighted by Crippen LogP contribution is -2.26. The maximum atomic E-state index is 13.3. The number of nitrogens with zero attached hydrogens (tertiary/aromatic N) is 3. The molecule has 1 aliphatic rings. The maximum Gasteiger partial charge on any atom is 0.319 e. The van der Waals surface area contributed by atoms with Crippen LogP contribution >= 0.6 is 11.6 Å². The third-order valence-corrected chi connectivity index (χ3v) is 5.44. The van der Waals surface area contributed by atoms with Gasteiger partial charge < -0.3 is 24.9 Å². The second-order valence-corrected chi connectivity index (χ2v) is 7.45. The molecule has 1 fully saturated rings. The van der Waals surface area contributed by atoms with E-state index in [4.69, 9.17) is 31.5 Å². The summed E-state index contributed by atoms with van der Waals surface area (Å²) in [7, 11) is 3.09. The van der Waals surface area contributed by atoms with Gasteiger partial charge in [-0.3, -0.25) is 4.90 Å². The van der Waals surface area contributed by atoms with Gasteiger partial charge >= 0.3 is 6.01 Å². The number of fused-ring (bicyclic) bond motifs is 1. The van der Waals surface area contributed by atoms with Crippen molar-refractivity contribution in [3.63, 3.8) is 0 Å². The van der Waals surface area contributed by atoms with E-state index in [0.717, 1.165) is 6.54 Å². The number of nitrogens with two attached hydrogens (primary N) is 1. The summed E-state index contributed by atoms with van der Waals surface area (Å²) in [6, 6.07) is 3.58. The van der Waals surface area contributed by atoms with Gasteiger partial charge in [0.25, 0.3) is 0 Å². The van der Waals surface area contributed by atoms with Crippen molar-refractivity contribution in [3.8, 4) is 28.8 Å². The number of H-pyrrole nitrogens is 1. The number of alkyl halides is 1. The number of aromatic nitrogens is 3. The predicted molar refractivity (Wildman–Crippen MR) is 113 cm³/mol. The number of anilines is 1. The number of nitrogen functional groups attached to an aromatic ring is 1. The minimum Gasteiger partial charge on any atom is -0.493 e. The van der Waals surface area contributed by atoms with E-state index >= 15 is 0 Å².